The highest BCUT2D eigenvalue weighted by atomic mass is 16.6. The Morgan fingerprint density at radius 2 is 2.05 bits per heavy atom. The molecule has 2 rings (SSSR count). The Kier molecular flexibility index (Phi) is 4.46. The zero-order chi connectivity index (χ0) is 14.4. The van der Waals surface area contributed by atoms with Crippen LogP contribution in [0.25, 0.3) is 0 Å². The number of nitro benzene ring substituents is 1. The van der Waals surface area contributed by atoms with Crippen molar-refractivity contribution >= 4 is 17.1 Å². The van der Waals surface area contributed by atoms with Crippen LogP contribution in [0.3, 0.4) is 0 Å². The minimum atomic E-state index is -0.457. The first-order valence-corrected chi connectivity index (χ1v) is 6.09. The van der Waals surface area contributed by atoms with Crippen LogP contribution in [0.1, 0.15) is 5.56 Å². The lowest BCUT2D eigenvalue weighted by atomic mass is 10.2. The first kappa shape index (κ1) is 13.8. The van der Waals surface area contributed by atoms with Gasteiger partial charge >= 0.3 is 5.69 Å². The van der Waals surface area contributed by atoms with Gasteiger partial charge in [-0.2, -0.15) is 0 Å². The summed E-state index contributed by atoms with van der Waals surface area (Å²) in [4.78, 5) is 14.7. The smallest absolute Gasteiger partial charge is 0.316 e. The molecule has 0 fully saturated rings. The molecule has 0 atom stereocenters. The molecule has 0 saturated carbocycles. The average Bonchev–Trinajstić information content (AvgIpc) is 2.47. The SMILES string of the molecule is NNc1cccc(NCCc2cccnc2)c1[N+](=O)[O-]. The number of hydrogen-bond donors (Lipinski definition) is 3. The number of hydrogen-bond acceptors (Lipinski definition) is 6. The molecule has 0 amide bonds. The molecule has 1 aromatic heterocycles. The van der Waals surface area contributed by atoms with Gasteiger partial charge in [0.25, 0.3) is 0 Å². The Morgan fingerprint density at radius 3 is 2.70 bits per heavy atom. The van der Waals surface area contributed by atoms with Crippen LogP contribution in [0.15, 0.2) is 42.7 Å². The van der Waals surface area contributed by atoms with Crippen molar-refractivity contribution in [1.82, 2.24) is 4.98 Å². The van der Waals surface area contributed by atoms with Crippen molar-refractivity contribution in [3.8, 4) is 0 Å². The van der Waals surface area contributed by atoms with E-state index in [9.17, 15) is 10.1 Å². The van der Waals surface area contributed by atoms with Crippen molar-refractivity contribution in [3.05, 3.63) is 58.4 Å². The predicted molar refractivity (Wildman–Crippen MR) is 77.3 cm³/mol. The zero-order valence-electron chi connectivity index (χ0n) is 10.7. The van der Waals surface area contributed by atoms with E-state index >= 15 is 0 Å². The van der Waals surface area contributed by atoms with E-state index in [1.54, 1.807) is 30.6 Å². The van der Waals surface area contributed by atoms with Crippen LogP contribution in [0.5, 0.6) is 0 Å². The Hall–Kier alpha value is -2.67. The van der Waals surface area contributed by atoms with Gasteiger partial charge in [-0.15, -0.1) is 0 Å². The van der Waals surface area contributed by atoms with Crippen LogP contribution in [-0.4, -0.2) is 16.5 Å². The molecule has 0 radical (unpaired) electrons. The van der Waals surface area contributed by atoms with E-state index in [-0.39, 0.29) is 11.4 Å². The van der Waals surface area contributed by atoms with E-state index in [1.807, 2.05) is 12.1 Å². The lowest BCUT2D eigenvalue weighted by Gasteiger charge is -2.09. The fourth-order valence-electron chi connectivity index (χ4n) is 1.89. The fraction of sp³-hybridized carbons (Fsp3) is 0.154. The summed E-state index contributed by atoms with van der Waals surface area (Å²) in [6, 6.07) is 8.74. The molecule has 0 aliphatic rings. The molecule has 1 heterocycles. The minimum Gasteiger partial charge on any atom is -0.379 e. The molecule has 0 spiro atoms. The molecule has 2 aromatic rings. The molecule has 0 aliphatic heterocycles. The van der Waals surface area contributed by atoms with E-state index in [4.69, 9.17) is 5.84 Å². The van der Waals surface area contributed by atoms with Crippen molar-refractivity contribution in [2.45, 2.75) is 6.42 Å². The second kappa shape index (κ2) is 6.48. The Bertz CT molecular complexity index is 589. The first-order valence-electron chi connectivity index (χ1n) is 6.09. The molecular weight excluding hydrogens is 258 g/mol. The summed E-state index contributed by atoms with van der Waals surface area (Å²) in [6.07, 6.45) is 4.21. The quantitative estimate of drug-likeness (QED) is 0.422. The maximum absolute atomic E-state index is 11.1. The van der Waals surface area contributed by atoms with Gasteiger partial charge in [0.05, 0.1) is 4.92 Å². The van der Waals surface area contributed by atoms with Crippen molar-refractivity contribution in [1.29, 1.82) is 0 Å². The summed E-state index contributed by atoms with van der Waals surface area (Å²) in [7, 11) is 0. The van der Waals surface area contributed by atoms with Crippen molar-refractivity contribution in [2.24, 2.45) is 5.84 Å². The number of rotatable bonds is 6. The number of benzene rings is 1. The Balaban J connectivity index is 2.08. The molecule has 4 N–H and O–H groups in total. The standard InChI is InChI=1S/C13H15N5O2/c14-17-12-5-1-4-11(13(12)18(19)20)16-8-6-10-3-2-7-15-9-10/h1-5,7,9,16-17H,6,8,14H2. The van der Waals surface area contributed by atoms with Gasteiger partial charge in [-0.1, -0.05) is 12.1 Å². The maximum Gasteiger partial charge on any atom is 0.316 e. The van der Waals surface area contributed by atoms with Gasteiger partial charge in [0, 0.05) is 18.9 Å². The molecule has 104 valence electrons. The lowest BCUT2D eigenvalue weighted by molar-refractivity contribution is -0.383. The molecule has 7 nitrogen and oxygen atoms in total. The number of aromatic nitrogens is 1. The van der Waals surface area contributed by atoms with Gasteiger partial charge in [-0.3, -0.25) is 20.9 Å². The maximum atomic E-state index is 11.1. The molecule has 7 heteroatoms. The Morgan fingerprint density at radius 1 is 1.25 bits per heavy atom. The number of nitrogen functional groups attached to an aromatic ring is 1. The number of hydrazine groups is 1. The van der Waals surface area contributed by atoms with Crippen LogP contribution < -0.4 is 16.6 Å². The largest absolute Gasteiger partial charge is 0.379 e. The van der Waals surface area contributed by atoms with Crippen molar-refractivity contribution < 1.29 is 4.92 Å². The fourth-order valence-corrected chi connectivity index (χ4v) is 1.89. The summed E-state index contributed by atoms with van der Waals surface area (Å²) in [5.41, 5.74) is 4.06. The second-order valence-corrected chi connectivity index (χ2v) is 4.14. The number of para-hydroxylation sites is 1. The molecule has 0 bridgehead atoms. The summed E-state index contributed by atoms with van der Waals surface area (Å²) in [5.74, 6) is 5.29. The lowest BCUT2D eigenvalue weighted by Crippen LogP contribution is -2.12. The highest BCUT2D eigenvalue weighted by Gasteiger charge is 2.18. The molecule has 0 aliphatic carbocycles. The highest BCUT2D eigenvalue weighted by Crippen LogP contribution is 2.31. The van der Waals surface area contributed by atoms with E-state index in [2.05, 4.69) is 15.7 Å². The molecule has 0 unspecified atom stereocenters. The summed E-state index contributed by atoms with van der Waals surface area (Å²) >= 11 is 0. The number of anilines is 2. The van der Waals surface area contributed by atoms with Gasteiger partial charge < -0.3 is 10.7 Å². The number of nitrogens with two attached hydrogens (primary N) is 1. The summed E-state index contributed by atoms with van der Waals surface area (Å²) < 4.78 is 0. The van der Waals surface area contributed by atoms with E-state index in [1.165, 1.54) is 0 Å². The van der Waals surface area contributed by atoms with Crippen LogP contribution in [0, 0.1) is 10.1 Å². The molecule has 20 heavy (non-hydrogen) atoms. The number of nitrogens with one attached hydrogen (secondary N) is 2. The highest BCUT2D eigenvalue weighted by molar-refractivity contribution is 5.75. The van der Waals surface area contributed by atoms with Gasteiger partial charge in [-0.25, -0.2) is 0 Å². The third-order valence-corrected chi connectivity index (χ3v) is 2.83. The van der Waals surface area contributed by atoms with Crippen molar-refractivity contribution in [2.75, 3.05) is 17.3 Å². The monoisotopic (exact) mass is 273 g/mol. The van der Waals surface area contributed by atoms with Crippen LogP contribution >= 0.6 is 0 Å². The molecular formula is C13H15N5O2. The van der Waals surface area contributed by atoms with Gasteiger partial charge in [0.1, 0.15) is 11.4 Å². The van der Waals surface area contributed by atoms with E-state index in [0.29, 0.717) is 12.2 Å². The predicted octanol–water partition coefficient (Wildman–Crippen LogP) is 1.93. The molecule has 1 aromatic carbocycles. The number of nitrogens with zero attached hydrogens (tertiary/aromatic N) is 2. The second-order valence-electron chi connectivity index (χ2n) is 4.14. The minimum absolute atomic E-state index is 0.0545. The summed E-state index contributed by atoms with van der Waals surface area (Å²) in [5, 5.41) is 14.1. The molecule has 0 saturated heterocycles. The third kappa shape index (κ3) is 3.21. The Labute approximate surface area is 116 Å². The van der Waals surface area contributed by atoms with Crippen LogP contribution in [-0.2, 0) is 6.42 Å². The van der Waals surface area contributed by atoms with Crippen LogP contribution in [0.4, 0.5) is 17.1 Å². The van der Waals surface area contributed by atoms with Gasteiger partial charge in [-0.05, 0) is 30.2 Å². The summed E-state index contributed by atoms with van der Waals surface area (Å²) in [6.45, 7) is 0.570. The van der Waals surface area contributed by atoms with E-state index in [0.717, 1.165) is 12.0 Å². The number of pyridine rings is 1. The van der Waals surface area contributed by atoms with Gasteiger partial charge in [0.2, 0.25) is 0 Å². The van der Waals surface area contributed by atoms with Crippen molar-refractivity contribution in [3.63, 3.8) is 0 Å². The van der Waals surface area contributed by atoms with E-state index < -0.39 is 4.92 Å². The zero-order valence-corrected chi connectivity index (χ0v) is 10.7. The van der Waals surface area contributed by atoms with Gasteiger partial charge in [0.15, 0.2) is 0 Å². The topological polar surface area (TPSA) is 106 Å². The average molecular weight is 273 g/mol. The van der Waals surface area contributed by atoms with Crippen LogP contribution in [0.2, 0.25) is 0 Å². The third-order valence-electron chi connectivity index (χ3n) is 2.83. The first-order chi connectivity index (χ1) is 9.72. The number of nitro groups is 1. The normalized spacial score (nSPS) is 10.1.